The molecule has 0 bridgehead atoms. The molecule has 0 aliphatic carbocycles. The molecule has 0 radical (unpaired) electrons. The highest BCUT2D eigenvalue weighted by Crippen LogP contribution is 2.31. The molecule has 0 amide bonds. The molecule has 0 saturated heterocycles. The van der Waals surface area contributed by atoms with Crippen molar-refractivity contribution in [3.8, 4) is 0 Å². The number of hydrogen-bond acceptors (Lipinski definition) is 3. The molecule has 19 heavy (non-hydrogen) atoms. The third-order valence-corrected chi connectivity index (χ3v) is 4.27. The summed E-state index contributed by atoms with van der Waals surface area (Å²) in [5.41, 5.74) is 3.71. The molecule has 98 valence electrons. The van der Waals surface area contributed by atoms with E-state index < -0.39 is 0 Å². The molecule has 2 heterocycles. The van der Waals surface area contributed by atoms with E-state index in [0.717, 1.165) is 6.42 Å². The molecule has 3 rings (SSSR count). The van der Waals surface area contributed by atoms with Gasteiger partial charge in [0.2, 0.25) is 0 Å². The van der Waals surface area contributed by atoms with Crippen molar-refractivity contribution in [1.29, 1.82) is 0 Å². The van der Waals surface area contributed by atoms with Gasteiger partial charge in [0.05, 0.1) is 30.0 Å². The summed E-state index contributed by atoms with van der Waals surface area (Å²) in [6.07, 6.45) is 9.24. The number of aromatic nitrogens is 2. The summed E-state index contributed by atoms with van der Waals surface area (Å²) in [6, 6.07) is 9.01. The van der Waals surface area contributed by atoms with Crippen LogP contribution < -0.4 is 5.32 Å². The first kappa shape index (κ1) is 12.5. The second-order valence-corrected chi connectivity index (χ2v) is 5.47. The first-order valence-corrected chi connectivity index (χ1v) is 7.60. The van der Waals surface area contributed by atoms with E-state index in [1.54, 1.807) is 11.8 Å². The predicted molar refractivity (Wildman–Crippen MR) is 80.2 cm³/mol. The number of rotatable bonds is 3. The van der Waals surface area contributed by atoms with Crippen molar-refractivity contribution in [1.82, 2.24) is 14.9 Å². The molecule has 1 N–H and O–H groups in total. The Morgan fingerprint density at radius 2 is 2.32 bits per heavy atom. The van der Waals surface area contributed by atoms with Gasteiger partial charge in [-0.15, -0.1) is 11.8 Å². The first-order valence-electron chi connectivity index (χ1n) is 6.38. The lowest BCUT2D eigenvalue weighted by Gasteiger charge is -2.24. The van der Waals surface area contributed by atoms with Gasteiger partial charge in [-0.05, 0) is 37.4 Å². The van der Waals surface area contributed by atoms with Crippen LogP contribution in [0.2, 0.25) is 0 Å². The van der Waals surface area contributed by atoms with Gasteiger partial charge in [0.15, 0.2) is 0 Å². The standard InChI is InChI=1S/C15H17N3S/c1-16-13-6-7-14(18-10-17-9-15(13)18)11-4-3-5-12(8-11)19-2/h3-5,7-10,13,16H,6H2,1-2H3. The van der Waals surface area contributed by atoms with E-state index in [4.69, 9.17) is 0 Å². The Morgan fingerprint density at radius 3 is 3.11 bits per heavy atom. The average molecular weight is 271 g/mol. The molecule has 0 spiro atoms. The highest BCUT2D eigenvalue weighted by atomic mass is 32.2. The lowest BCUT2D eigenvalue weighted by atomic mass is 10.0. The van der Waals surface area contributed by atoms with Crippen LogP contribution in [0.3, 0.4) is 0 Å². The second-order valence-electron chi connectivity index (χ2n) is 4.59. The second kappa shape index (κ2) is 5.23. The number of imidazole rings is 1. The molecule has 4 heteroatoms. The minimum atomic E-state index is 0.356. The molecule has 1 aromatic heterocycles. The van der Waals surface area contributed by atoms with E-state index in [-0.39, 0.29) is 0 Å². The molecule has 0 fully saturated rings. The summed E-state index contributed by atoms with van der Waals surface area (Å²) in [5, 5.41) is 3.33. The van der Waals surface area contributed by atoms with Crippen LogP contribution in [-0.4, -0.2) is 22.9 Å². The Bertz CT molecular complexity index is 615. The average Bonchev–Trinajstić information content (AvgIpc) is 2.95. The number of hydrogen-bond donors (Lipinski definition) is 1. The van der Waals surface area contributed by atoms with Crippen LogP contribution in [0.15, 0.2) is 47.8 Å². The zero-order valence-electron chi connectivity index (χ0n) is 11.1. The number of benzene rings is 1. The lowest BCUT2D eigenvalue weighted by Crippen LogP contribution is -2.22. The monoisotopic (exact) mass is 271 g/mol. The maximum atomic E-state index is 4.30. The summed E-state index contributed by atoms with van der Waals surface area (Å²) in [4.78, 5) is 5.59. The van der Waals surface area contributed by atoms with Gasteiger partial charge in [0.25, 0.3) is 0 Å². The van der Waals surface area contributed by atoms with Crippen LogP contribution in [0.1, 0.15) is 23.7 Å². The van der Waals surface area contributed by atoms with E-state index in [2.05, 4.69) is 51.5 Å². The largest absolute Gasteiger partial charge is 0.311 e. The lowest BCUT2D eigenvalue weighted by molar-refractivity contribution is 0.565. The molecule has 1 atom stereocenters. The molecular formula is C15H17N3S. The van der Waals surface area contributed by atoms with Crippen LogP contribution in [0.4, 0.5) is 0 Å². The smallest absolute Gasteiger partial charge is 0.0994 e. The zero-order valence-corrected chi connectivity index (χ0v) is 11.9. The Morgan fingerprint density at radius 1 is 1.42 bits per heavy atom. The fourth-order valence-electron chi connectivity index (χ4n) is 2.52. The van der Waals surface area contributed by atoms with Gasteiger partial charge in [-0.25, -0.2) is 4.98 Å². The van der Waals surface area contributed by atoms with Gasteiger partial charge in [-0.3, -0.25) is 0 Å². The van der Waals surface area contributed by atoms with Crippen molar-refractivity contribution in [2.24, 2.45) is 0 Å². The predicted octanol–water partition coefficient (Wildman–Crippen LogP) is 3.16. The van der Waals surface area contributed by atoms with Gasteiger partial charge < -0.3 is 9.88 Å². The fourth-order valence-corrected chi connectivity index (χ4v) is 2.98. The molecule has 0 saturated carbocycles. The minimum absolute atomic E-state index is 0.356. The first-order chi connectivity index (χ1) is 9.33. The number of fused-ring (bicyclic) bond motifs is 1. The maximum absolute atomic E-state index is 4.30. The van der Waals surface area contributed by atoms with Crippen LogP contribution in [0.25, 0.3) is 5.70 Å². The molecule has 3 nitrogen and oxygen atoms in total. The molecule has 1 unspecified atom stereocenters. The summed E-state index contributed by atoms with van der Waals surface area (Å²) in [5.74, 6) is 0. The zero-order chi connectivity index (χ0) is 13.2. The molecule has 1 aliphatic rings. The van der Waals surface area contributed by atoms with Crippen LogP contribution in [0.5, 0.6) is 0 Å². The maximum Gasteiger partial charge on any atom is 0.0994 e. The third-order valence-electron chi connectivity index (χ3n) is 3.54. The molecule has 1 aliphatic heterocycles. The van der Waals surface area contributed by atoms with Gasteiger partial charge in [0, 0.05) is 4.90 Å². The highest BCUT2D eigenvalue weighted by molar-refractivity contribution is 7.98. The normalized spacial score (nSPS) is 18.0. The summed E-state index contributed by atoms with van der Waals surface area (Å²) < 4.78 is 2.18. The Labute approximate surface area is 117 Å². The summed E-state index contributed by atoms with van der Waals surface area (Å²) in [7, 11) is 2.00. The Hall–Kier alpha value is -1.52. The highest BCUT2D eigenvalue weighted by Gasteiger charge is 2.21. The summed E-state index contributed by atoms with van der Waals surface area (Å²) >= 11 is 1.77. The quantitative estimate of drug-likeness (QED) is 0.870. The van der Waals surface area contributed by atoms with Crippen LogP contribution in [-0.2, 0) is 0 Å². The van der Waals surface area contributed by atoms with Gasteiger partial charge in [0.1, 0.15) is 0 Å². The minimum Gasteiger partial charge on any atom is -0.311 e. The molecular weight excluding hydrogens is 254 g/mol. The molecule has 1 aromatic carbocycles. The van der Waals surface area contributed by atoms with Crippen molar-refractivity contribution < 1.29 is 0 Å². The Balaban J connectivity index is 2.05. The Kier molecular flexibility index (Phi) is 3.44. The van der Waals surface area contributed by atoms with Crippen LogP contribution >= 0.6 is 11.8 Å². The third kappa shape index (κ3) is 2.22. The van der Waals surface area contributed by atoms with Crippen molar-refractivity contribution in [2.75, 3.05) is 13.3 Å². The topological polar surface area (TPSA) is 29.9 Å². The summed E-state index contributed by atoms with van der Waals surface area (Å²) in [6.45, 7) is 0. The number of nitrogens with one attached hydrogen (secondary N) is 1. The van der Waals surface area contributed by atoms with E-state index in [1.807, 2.05) is 19.6 Å². The molecule has 2 aromatic rings. The van der Waals surface area contributed by atoms with Crippen molar-refractivity contribution >= 4 is 17.5 Å². The van der Waals surface area contributed by atoms with E-state index in [0.29, 0.717) is 6.04 Å². The van der Waals surface area contributed by atoms with E-state index in [1.165, 1.54) is 21.8 Å². The van der Waals surface area contributed by atoms with Crippen molar-refractivity contribution in [3.05, 3.63) is 54.1 Å². The van der Waals surface area contributed by atoms with Gasteiger partial charge >= 0.3 is 0 Å². The number of thioether (sulfide) groups is 1. The fraction of sp³-hybridized carbons (Fsp3) is 0.267. The van der Waals surface area contributed by atoms with E-state index in [9.17, 15) is 0 Å². The van der Waals surface area contributed by atoms with Gasteiger partial charge in [-0.2, -0.15) is 0 Å². The van der Waals surface area contributed by atoms with Gasteiger partial charge in [-0.1, -0.05) is 18.2 Å². The van der Waals surface area contributed by atoms with Crippen molar-refractivity contribution in [2.45, 2.75) is 17.4 Å². The van der Waals surface area contributed by atoms with E-state index >= 15 is 0 Å². The SMILES string of the molecule is CNC1CC=C(c2cccc(SC)c2)n2cncc21. The van der Waals surface area contributed by atoms with Crippen molar-refractivity contribution in [3.63, 3.8) is 0 Å². The van der Waals surface area contributed by atoms with Crippen LogP contribution in [0, 0.1) is 0 Å². The number of nitrogens with zero attached hydrogens (tertiary/aromatic N) is 2.